The fourth-order valence-corrected chi connectivity index (χ4v) is 5.00. The minimum atomic E-state index is -4.34. The van der Waals surface area contributed by atoms with Crippen LogP contribution in [0, 0.1) is 5.82 Å². The lowest BCUT2D eigenvalue weighted by molar-refractivity contribution is -0.140. The highest BCUT2D eigenvalue weighted by molar-refractivity contribution is 7.48. The van der Waals surface area contributed by atoms with E-state index in [1.54, 1.807) is 0 Å². The maximum Gasteiger partial charge on any atom is 0.475 e. The first-order valence-corrected chi connectivity index (χ1v) is 11.4. The Morgan fingerprint density at radius 2 is 2.15 bits per heavy atom. The summed E-state index contributed by atoms with van der Waals surface area (Å²) in [4.78, 5) is 15.3. The molecular formula is C18H18ClF3N3O7P. The highest BCUT2D eigenvalue weighted by atomic mass is 35.5. The molecule has 2 aromatic rings. The number of rotatable bonds is 5. The summed E-state index contributed by atoms with van der Waals surface area (Å²) in [7, 11) is -4.34. The first-order chi connectivity index (χ1) is 15.5. The van der Waals surface area contributed by atoms with Gasteiger partial charge >= 0.3 is 19.4 Å². The molecule has 0 aliphatic carbocycles. The van der Waals surface area contributed by atoms with Crippen LogP contribution in [0.3, 0.4) is 0 Å². The van der Waals surface area contributed by atoms with E-state index in [4.69, 9.17) is 35.6 Å². The van der Waals surface area contributed by atoms with Crippen LogP contribution in [0.1, 0.15) is 24.3 Å². The van der Waals surface area contributed by atoms with Gasteiger partial charge in [-0.3, -0.25) is 18.1 Å². The third kappa shape index (κ3) is 4.67. The number of aromatic nitrogens is 2. The van der Waals surface area contributed by atoms with Gasteiger partial charge in [-0.05, 0) is 12.1 Å². The molecule has 3 N–H and O–H groups in total. The standard InChI is InChI=1S/C18H18ClF3N3O7P/c19-10-3-1-2-9(14(10)20)11-5-7-29-33(28,32-11)30-8-12-15(26)18(21,22)16(31-12)25-6-4-13(23)24-17(25)27/h1-4,6,11-12,15-16,26H,5,7-8H2,(H2,23,24,27)/t11-,12-,15-,16-,33?/m1/s1. The van der Waals surface area contributed by atoms with Gasteiger partial charge in [-0.1, -0.05) is 23.7 Å². The molecule has 0 spiro atoms. The summed E-state index contributed by atoms with van der Waals surface area (Å²) in [5, 5.41) is 9.89. The Bertz CT molecular complexity index is 1150. The Hall–Kier alpha value is -1.99. The van der Waals surface area contributed by atoms with Gasteiger partial charge in [-0.25, -0.2) is 13.8 Å². The van der Waals surface area contributed by atoms with Crippen molar-refractivity contribution in [3.63, 3.8) is 0 Å². The van der Waals surface area contributed by atoms with E-state index in [9.17, 15) is 27.6 Å². The average molecular weight is 512 g/mol. The molecule has 4 rings (SSSR count). The van der Waals surface area contributed by atoms with Crippen LogP contribution in [-0.4, -0.2) is 46.0 Å². The van der Waals surface area contributed by atoms with Crippen molar-refractivity contribution in [3.8, 4) is 0 Å². The second-order valence-corrected chi connectivity index (χ2v) is 9.32. The number of hydrogen-bond acceptors (Lipinski definition) is 9. The van der Waals surface area contributed by atoms with Crippen LogP contribution in [0.2, 0.25) is 5.02 Å². The number of nitrogen functional groups attached to an aromatic ring is 1. The fourth-order valence-electron chi connectivity index (χ4n) is 3.43. The predicted octanol–water partition coefficient (Wildman–Crippen LogP) is 2.81. The summed E-state index contributed by atoms with van der Waals surface area (Å²) >= 11 is 5.77. The van der Waals surface area contributed by atoms with E-state index in [1.807, 2.05) is 0 Å². The average Bonchev–Trinajstić information content (AvgIpc) is 2.98. The van der Waals surface area contributed by atoms with Crippen molar-refractivity contribution in [3.05, 3.63) is 57.3 Å². The molecule has 3 heterocycles. The summed E-state index contributed by atoms with van der Waals surface area (Å²) in [6, 6.07) is 5.29. The number of ether oxygens (including phenoxy) is 1. The summed E-state index contributed by atoms with van der Waals surface area (Å²) in [5.41, 5.74) is 4.26. The van der Waals surface area contributed by atoms with Gasteiger partial charge in [0.2, 0.25) is 6.23 Å². The van der Waals surface area contributed by atoms with Crippen LogP contribution in [-0.2, 0) is 22.9 Å². The first-order valence-electron chi connectivity index (χ1n) is 9.59. The van der Waals surface area contributed by atoms with Gasteiger partial charge in [0, 0.05) is 18.2 Å². The van der Waals surface area contributed by atoms with Gasteiger partial charge in [0.15, 0.2) is 6.10 Å². The van der Waals surface area contributed by atoms with Crippen molar-refractivity contribution in [2.24, 2.45) is 0 Å². The van der Waals surface area contributed by atoms with E-state index in [1.165, 1.54) is 18.2 Å². The van der Waals surface area contributed by atoms with E-state index in [2.05, 4.69) is 4.98 Å². The lowest BCUT2D eigenvalue weighted by atomic mass is 10.1. The minimum Gasteiger partial charge on any atom is -0.384 e. The Morgan fingerprint density at radius 3 is 2.88 bits per heavy atom. The Balaban J connectivity index is 1.47. The first kappa shape index (κ1) is 24.1. The predicted molar refractivity (Wildman–Crippen MR) is 107 cm³/mol. The van der Waals surface area contributed by atoms with E-state index < -0.39 is 56.4 Å². The monoisotopic (exact) mass is 511 g/mol. The van der Waals surface area contributed by atoms with Crippen molar-refractivity contribution in [1.29, 1.82) is 0 Å². The molecule has 10 nitrogen and oxygen atoms in total. The van der Waals surface area contributed by atoms with Crippen LogP contribution in [0.4, 0.5) is 19.0 Å². The zero-order chi connectivity index (χ0) is 24.0. The molecule has 0 amide bonds. The molecule has 1 unspecified atom stereocenters. The maximum absolute atomic E-state index is 14.6. The highest BCUT2D eigenvalue weighted by Gasteiger charge is 2.60. The molecule has 33 heavy (non-hydrogen) atoms. The summed E-state index contributed by atoms with van der Waals surface area (Å²) in [6.45, 7) is -0.986. The maximum atomic E-state index is 14.6. The third-order valence-corrected chi connectivity index (χ3v) is 6.86. The second kappa shape index (κ2) is 8.99. The van der Waals surface area contributed by atoms with Gasteiger partial charge in [0.05, 0.1) is 24.3 Å². The van der Waals surface area contributed by atoms with Crippen LogP contribution < -0.4 is 11.4 Å². The molecule has 0 bridgehead atoms. The largest absolute Gasteiger partial charge is 0.475 e. The number of hydrogen-bond donors (Lipinski definition) is 2. The number of halogens is 4. The van der Waals surface area contributed by atoms with Crippen molar-refractivity contribution in [2.75, 3.05) is 18.9 Å². The molecular weight excluding hydrogens is 494 g/mol. The lowest BCUT2D eigenvalue weighted by Gasteiger charge is -2.30. The van der Waals surface area contributed by atoms with Crippen molar-refractivity contribution in [2.45, 2.75) is 36.9 Å². The molecule has 2 saturated heterocycles. The molecule has 2 fully saturated rings. The molecule has 15 heteroatoms. The topological polar surface area (TPSA) is 135 Å². The molecule has 1 aromatic carbocycles. The number of aliphatic hydroxyl groups excluding tert-OH is 1. The van der Waals surface area contributed by atoms with Crippen LogP contribution in [0.15, 0.2) is 35.3 Å². The number of phosphoric acid groups is 1. The molecule has 5 atom stereocenters. The normalized spacial score (nSPS) is 31.5. The number of phosphoric ester groups is 1. The minimum absolute atomic E-state index is 0.0219. The molecule has 0 radical (unpaired) electrons. The third-order valence-electron chi connectivity index (χ3n) is 5.09. The molecule has 1 aromatic heterocycles. The van der Waals surface area contributed by atoms with E-state index in [0.29, 0.717) is 4.57 Å². The van der Waals surface area contributed by atoms with Crippen molar-refractivity contribution >= 4 is 25.2 Å². The summed E-state index contributed by atoms with van der Waals surface area (Å²) < 4.78 is 77.4. The lowest BCUT2D eigenvalue weighted by Crippen LogP contribution is -2.42. The summed E-state index contributed by atoms with van der Waals surface area (Å²) in [6.07, 6.45) is -6.32. The van der Waals surface area contributed by atoms with E-state index in [-0.39, 0.29) is 29.4 Å². The number of nitrogens with zero attached hydrogens (tertiary/aromatic N) is 2. The fraction of sp³-hybridized carbons (Fsp3) is 0.444. The summed E-state index contributed by atoms with van der Waals surface area (Å²) in [5.74, 6) is -4.88. The zero-order valence-electron chi connectivity index (χ0n) is 16.6. The number of anilines is 1. The SMILES string of the molecule is Nc1ccn([C@@H]2O[C@H](COP3(=O)OCC[C@H](c4cccc(Cl)c4F)O3)[C@@H](O)C2(F)F)c(=O)n1. The van der Waals surface area contributed by atoms with Crippen LogP contribution >= 0.6 is 19.4 Å². The Labute approximate surface area is 189 Å². The zero-order valence-corrected chi connectivity index (χ0v) is 18.3. The van der Waals surface area contributed by atoms with Gasteiger partial charge in [0.1, 0.15) is 17.7 Å². The highest BCUT2D eigenvalue weighted by Crippen LogP contribution is 2.58. The van der Waals surface area contributed by atoms with Crippen molar-refractivity contribution in [1.82, 2.24) is 9.55 Å². The van der Waals surface area contributed by atoms with Gasteiger partial charge in [-0.15, -0.1) is 0 Å². The smallest absolute Gasteiger partial charge is 0.384 e. The van der Waals surface area contributed by atoms with Gasteiger partial charge in [-0.2, -0.15) is 13.8 Å². The molecule has 2 aliphatic heterocycles. The second-order valence-electron chi connectivity index (χ2n) is 7.29. The molecule has 2 aliphatic rings. The number of aliphatic hydroxyl groups is 1. The van der Waals surface area contributed by atoms with Gasteiger partial charge in [0.25, 0.3) is 0 Å². The molecule has 0 saturated carbocycles. The van der Waals surface area contributed by atoms with Gasteiger partial charge < -0.3 is 15.6 Å². The van der Waals surface area contributed by atoms with Crippen LogP contribution in [0.5, 0.6) is 0 Å². The Morgan fingerprint density at radius 1 is 1.39 bits per heavy atom. The van der Waals surface area contributed by atoms with E-state index >= 15 is 0 Å². The van der Waals surface area contributed by atoms with Crippen molar-refractivity contribution < 1.29 is 41.2 Å². The Kier molecular flexibility index (Phi) is 6.58. The number of alkyl halides is 2. The quantitative estimate of drug-likeness (QED) is 0.581. The van der Waals surface area contributed by atoms with E-state index in [0.717, 1.165) is 12.3 Å². The number of nitrogens with two attached hydrogens (primary N) is 1. The number of benzene rings is 1. The molecule has 180 valence electrons. The van der Waals surface area contributed by atoms with Crippen LogP contribution in [0.25, 0.3) is 0 Å².